The molecular formula is C21H23N3O3. The second kappa shape index (κ2) is 6.85. The summed E-state index contributed by atoms with van der Waals surface area (Å²) in [6.45, 7) is 3.97. The standard InChI is InChI=1S/C21H23N3O3/c25-21-20-15(5-3-9-22-20)11-24(21)16-6-4-10-23(12-16)13-17-14-26-18-7-1-2-8-19(18)27-17/h1-3,5,7-9,16-17H,4,6,10-14H2. The van der Waals surface area contributed by atoms with Crippen molar-refractivity contribution >= 4 is 5.91 Å². The van der Waals surface area contributed by atoms with E-state index in [0.717, 1.165) is 49.5 Å². The molecule has 1 amide bonds. The zero-order valence-corrected chi connectivity index (χ0v) is 15.2. The average molecular weight is 365 g/mol. The molecule has 4 heterocycles. The van der Waals surface area contributed by atoms with Crippen LogP contribution in [-0.2, 0) is 6.54 Å². The van der Waals surface area contributed by atoms with Gasteiger partial charge in [-0.25, -0.2) is 0 Å². The molecule has 1 fully saturated rings. The molecule has 2 unspecified atom stereocenters. The van der Waals surface area contributed by atoms with Crippen LogP contribution in [0.3, 0.4) is 0 Å². The summed E-state index contributed by atoms with van der Waals surface area (Å²) in [5.41, 5.74) is 1.66. The Bertz CT molecular complexity index is 856. The quantitative estimate of drug-likeness (QED) is 0.836. The molecule has 1 aromatic carbocycles. The van der Waals surface area contributed by atoms with E-state index in [1.807, 2.05) is 41.3 Å². The summed E-state index contributed by atoms with van der Waals surface area (Å²) >= 11 is 0. The van der Waals surface area contributed by atoms with Crippen LogP contribution < -0.4 is 9.47 Å². The fraction of sp³-hybridized carbons (Fsp3) is 0.429. The molecule has 3 aliphatic heterocycles. The van der Waals surface area contributed by atoms with Crippen LogP contribution in [0.15, 0.2) is 42.6 Å². The lowest BCUT2D eigenvalue weighted by Gasteiger charge is -2.39. The molecule has 27 heavy (non-hydrogen) atoms. The summed E-state index contributed by atoms with van der Waals surface area (Å²) in [6, 6.07) is 12.0. The lowest BCUT2D eigenvalue weighted by Crippen LogP contribution is -2.51. The Kier molecular flexibility index (Phi) is 4.20. The summed E-state index contributed by atoms with van der Waals surface area (Å²) in [4.78, 5) is 21.4. The van der Waals surface area contributed by atoms with E-state index in [9.17, 15) is 4.79 Å². The van der Waals surface area contributed by atoms with E-state index >= 15 is 0 Å². The van der Waals surface area contributed by atoms with E-state index in [-0.39, 0.29) is 18.1 Å². The molecule has 140 valence electrons. The minimum Gasteiger partial charge on any atom is -0.486 e. The summed E-state index contributed by atoms with van der Waals surface area (Å²) in [7, 11) is 0. The molecule has 5 rings (SSSR count). The number of carbonyl (C=O) groups is 1. The van der Waals surface area contributed by atoms with Gasteiger partial charge in [-0.3, -0.25) is 14.7 Å². The maximum absolute atomic E-state index is 12.7. The van der Waals surface area contributed by atoms with Gasteiger partial charge in [-0.1, -0.05) is 18.2 Å². The lowest BCUT2D eigenvalue weighted by molar-refractivity contribution is 0.0305. The van der Waals surface area contributed by atoms with E-state index < -0.39 is 0 Å². The molecule has 2 aromatic rings. The number of piperidine rings is 1. The monoisotopic (exact) mass is 365 g/mol. The van der Waals surface area contributed by atoms with Crippen LogP contribution in [0, 0.1) is 0 Å². The second-order valence-corrected chi connectivity index (χ2v) is 7.50. The highest BCUT2D eigenvalue weighted by Crippen LogP contribution is 2.32. The van der Waals surface area contributed by atoms with Gasteiger partial charge in [0.25, 0.3) is 5.91 Å². The smallest absolute Gasteiger partial charge is 0.273 e. The number of fused-ring (bicyclic) bond motifs is 2. The molecule has 0 radical (unpaired) electrons. The van der Waals surface area contributed by atoms with Crippen molar-refractivity contribution in [3.63, 3.8) is 0 Å². The lowest BCUT2D eigenvalue weighted by atomic mass is 10.0. The summed E-state index contributed by atoms with van der Waals surface area (Å²) in [6.07, 6.45) is 3.85. The SMILES string of the molecule is O=C1c2ncccc2CN1C1CCCN(CC2COc3ccccc3O2)C1. The average Bonchev–Trinajstić information content (AvgIpc) is 3.05. The molecule has 0 aliphatic carbocycles. The molecule has 0 bridgehead atoms. The molecule has 0 spiro atoms. The Hall–Kier alpha value is -2.60. The van der Waals surface area contributed by atoms with E-state index in [2.05, 4.69) is 9.88 Å². The third kappa shape index (κ3) is 3.14. The van der Waals surface area contributed by atoms with Crippen LogP contribution >= 0.6 is 0 Å². The van der Waals surface area contributed by atoms with Gasteiger partial charge in [-0.05, 0) is 37.6 Å². The highest BCUT2D eigenvalue weighted by Gasteiger charge is 2.36. The third-order valence-electron chi connectivity index (χ3n) is 5.65. The predicted octanol–water partition coefficient (Wildman–Crippen LogP) is 2.34. The number of likely N-dealkylation sites (tertiary alicyclic amines) is 1. The van der Waals surface area contributed by atoms with Crippen LogP contribution in [0.2, 0.25) is 0 Å². The third-order valence-corrected chi connectivity index (χ3v) is 5.65. The van der Waals surface area contributed by atoms with E-state index in [0.29, 0.717) is 18.8 Å². The first kappa shape index (κ1) is 16.6. The van der Waals surface area contributed by atoms with Crippen molar-refractivity contribution in [2.75, 3.05) is 26.2 Å². The Labute approximate surface area is 158 Å². The minimum absolute atomic E-state index is 0.0202. The van der Waals surface area contributed by atoms with E-state index in [1.54, 1.807) is 6.20 Å². The molecule has 0 saturated carbocycles. The molecule has 3 aliphatic rings. The van der Waals surface area contributed by atoms with Gasteiger partial charge in [0.15, 0.2) is 11.5 Å². The first-order valence-electron chi connectivity index (χ1n) is 9.63. The Balaban J connectivity index is 1.23. The van der Waals surface area contributed by atoms with Crippen LogP contribution in [0.4, 0.5) is 0 Å². The number of hydrogen-bond acceptors (Lipinski definition) is 5. The molecule has 6 heteroatoms. The highest BCUT2D eigenvalue weighted by molar-refractivity contribution is 5.96. The Morgan fingerprint density at radius 3 is 2.93 bits per heavy atom. The number of ether oxygens (including phenoxy) is 2. The molecule has 2 atom stereocenters. The van der Waals surface area contributed by atoms with Crippen LogP contribution in [0.1, 0.15) is 28.9 Å². The molecule has 1 saturated heterocycles. The largest absolute Gasteiger partial charge is 0.486 e. The maximum Gasteiger partial charge on any atom is 0.273 e. The number of para-hydroxylation sites is 2. The van der Waals surface area contributed by atoms with Gasteiger partial charge >= 0.3 is 0 Å². The van der Waals surface area contributed by atoms with E-state index in [4.69, 9.17) is 9.47 Å². The number of rotatable bonds is 3. The van der Waals surface area contributed by atoms with Crippen molar-refractivity contribution in [1.29, 1.82) is 0 Å². The fourth-order valence-electron chi connectivity index (χ4n) is 4.34. The topological polar surface area (TPSA) is 54.9 Å². The van der Waals surface area contributed by atoms with Gasteiger partial charge < -0.3 is 14.4 Å². The van der Waals surface area contributed by atoms with Crippen molar-refractivity contribution in [2.45, 2.75) is 31.5 Å². The number of amides is 1. The number of pyridine rings is 1. The molecular weight excluding hydrogens is 342 g/mol. The molecule has 6 nitrogen and oxygen atoms in total. The number of aromatic nitrogens is 1. The van der Waals surface area contributed by atoms with Crippen LogP contribution in [0.25, 0.3) is 0 Å². The van der Waals surface area contributed by atoms with Crippen LogP contribution in [-0.4, -0.2) is 59.1 Å². The van der Waals surface area contributed by atoms with Gasteiger partial charge in [0, 0.05) is 37.4 Å². The number of carbonyl (C=O) groups excluding carboxylic acids is 1. The molecule has 0 N–H and O–H groups in total. The maximum atomic E-state index is 12.7. The van der Waals surface area contributed by atoms with Gasteiger partial charge in [0.1, 0.15) is 18.4 Å². The highest BCUT2D eigenvalue weighted by atomic mass is 16.6. The summed E-state index contributed by atoms with van der Waals surface area (Å²) in [5.74, 6) is 1.71. The fourth-order valence-corrected chi connectivity index (χ4v) is 4.34. The van der Waals surface area contributed by atoms with Crippen LogP contribution in [0.5, 0.6) is 11.5 Å². The van der Waals surface area contributed by atoms with Crippen molar-refractivity contribution in [3.8, 4) is 11.5 Å². The van der Waals surface area contributed by atoms with Crippen molar-refractivity contribution in [1.82, 2.24) is 14.8 Å². The predicted molar refractivity (Wildman–Crippen MR) is 99.9 cm³/mol. The van der Waals surface area contributed by atoms with Gasteiger partial charge in [0.05, 0.1) is 0 Å². The van der Waals surface area contributed by atoms with E-state index in [1.165, 1.54) is 0 Å². The Morgan fingerprint density at radius 2 is 2.04 bits per heavy atom. The van der Waals surface area contributed by atoms with Gasteiger partial charge in [0.2, 0.25) is 0 Å². The summed E-state index contributed by atoms with van der Waals surface area (Å²) in [5, 5.41) is 0. The number of nitrogens with zero attached hydrogens (tertiary/aromatic N) is 3. The van der Waals surface area contributed by atoms with Gasteiger partial charge in [-0.15, -0.1) is 0 Å². The van der Waals surface area contributed by atoms with Gasteiger partial charge in [-0.2, -0.15) is 0 Å². The second-order valence-electron chi connectivity index (χ2n) is 7.50. The van der Waals surface area contributed by atoms with Crippen molar-refractivity contribution in [3.05, 3.63) is 53.9 Å². The minimum atomic E-state index is 0.0202. The zero-order chi connectivity index (χ0) is 18.2. The van der Waals surface area contributed by atoms with Crippen molar-refractivity contribution in [2.24, 2.45) is 0 Å². The zero-order valence-electron chi connectivity index (χ0n) is 15.2. The number of benzene rings is 1. The van der Waals surface area contributed by atoms with Crippen molar-refractivity contribution < 1.29 is 14.3 Å². The first-order valence-corrected chi connectivity index (χ1v) is 9.63. The summed E-state index contributed by atoms with van der Waals surface area (Å²) < 4.78 is 11.9. The Morgan fingerprint density at radius 1 is 1.15 bits per heavy atom. The normalized spacial score (nSPS) is 24.7. The number of hydrogen-bond donors (Lipinski definition) is 0. The first-order chi connectivity index (χ1) is 13.3. The molecule has 1 aromatic heterocycles.